The van der Waals surface area contributed by atoms with E-state index in [0.717, 1.165) is 39.5 Å². The van der Waals surface area contributed by atoms with E-state index in [0.29, 0.717) is 12.5 Å². The van der Waals surface area contributed by atoms with Gasteiger partial charge in [-0.1, -0.05) is 44.2 Å². The Hall–Kier alpha value is -2.36. The van der Waals surface area contributed by atoms with Crippen molar-refractivity contribution in [3.05, 3.63) is 58.9 Å². The van der Waals surface area contributed by atoms with Gasteiger partial charge >= 0.3 is 0 Å². The fraction of sp³-hybridized carbons (Fsp3) is 0.350. The van der Waals surface area contributed by atoms with Crippen molar-refractivity contribution in [2.45, 2.75) is 43.8 Å². The van der Waals surface area contributed by atoms with Gasteiger partial charge < -0.3 is 4.74 Å². The molecule has 4 rings (SSSR count). The number of fused-ring (bicyclic) bond motifs is 3. The maximum Gasteiger partial charge on any atom is 0.167 e. The number of pyridine rings is 1. The standard InChI is InChI=1S/C20H20N4OS/c1-13(2)18-8-15-16(9-21)20(26-11-14-6-4-3-5-7-14)24-12-22-23-19(24)17(15)10-25-18/h3-7,12-13,18H,8,10-11H2,1-2H3. The van der Waals surface area contributed by atoms with Crippen LogP contribution in [0.4, 0.5) is 0 Å². The van der Waals surface area contributed by atoms with Gasteiger partial charge in [-0.15, -0.1) is 22.0 Å². The lowest BCUT2D eigenvalue weighted by Gasteiger charge is -2.29. The van der Waals surface area contributed by atoms with E-state index in [4.69, 9.17) is 4.74 Å². The Morgan fingerprint density at radius 3 is 2.85 bits per heavy atom. The highest BCUT2D eigenvalue weighted by Gasteiger charge is 2.29. The molecule has 132 valence electrons. The van der Waals surface area contributed by atoms with Crippen molar-refractivity contribution in [2.75, 3.05) is 0 Å². The van der Waals surface area contributed by atoms with E-state index in [1.165, 1.54) is 5.56 Å². The lowest BCUT2D eigenvalue weighted by molar-refractivity contribution is -0.0000534. The summed E-state index contributed by atoms with van der Waals surface area (Å²) in [6.45, 7) is 4.80. The van der Waals surface area contributed by atoms with Gasteiger partial charge in [0.15, 0.2) is 5.65 Å². The SMILES string of the molecule is CC(C)C1Cc2c(C#N)c(SCc3ccccc3)n3cnnc3c2CO1. The van der Waals surface area contributed by atoms with Crippen LogP contribution in [0.15, 0.2) is 41.7 Å². The summed E-state index contributed by atoms with van der Waals surface area (Å²) >= 11 is 1.66. The molecule has 26 heavy (non-hydrogen) atoms. The van der Waals surface area contributed by atoms with E-state index in [2.05, 4.69) is 42.2 Å². The van der Waals surface area contributed by atoms with Crippen molar-refractivity contribution in [2.24, 2.45) is 5.92 Å². The predicted molar refractivity (Wildman–Crippen MR) is 101 cm³/mol. The number of aromatic nitrogens is 3. The molecule has 0 saturated heterocycles. The molecule has 5 nitrogen and oxygen atoms in total. The summed E-state index contributed by atoms with van der Waals surface area (Å²) in [5.74, 6) is 1.20. The Morgan fingerprint density at radius 1 is 1.31 bits per heavy atom. The quantitative estimate of drug-likeness (QED) is 0.655. The molecule has 0 bridgehead atoms. The summed E-state index contributed by atoms with van der Waals surface area (Å²) in [6, 6.07) is 12.7. The fourth-order valence-corrected chi connectivity index (χ4v) is 4.44. The van der Waals surface area contributed by atoms with Crippen LogP contribution in [-0.2, 0) is 23.5 Å². The molecule has 1 aromatic carbocycles. The van der Waals surface area contributed by atoms with E-state index >= 15 is 0 Å². The lowest BCUT2D eigenvalue weighted by Crippen LogP contribution is -2.29. The van der Waals surface area contributed by atoms with Crippen LogP contribution in [0.3, 0.4) is 0 Å². The molecule has 3 aromatic rings. The average Bonchev–Trinajstić information content (AvgIpc) is 3.16. The van der Waals surface area contributed by atoms with E-state index in [9.17, 15) is 5.26 Å². The molecule has 0 N–H and O–H groups in total. The summed E-state index contributed by atoms with van der Waals surface area (Å²) in [5.41, 5.74) is 4.84. The zero-order valence-corrected chi connectivity index (χ0v) is 15.7. The van der Waals surface area contributed by atoms with Crippen LogP contribution >= 0.6 is 11.8 Å². The topological polar surface area (TPSA) is 63.2 Å². The van der Waals surface area contributed by atoms with Crippen LogP contribution in [0.5, 0.6) is 0 Å². The van der Waals surface area contributed by atoms with Crippen LogP contribution in [0.1, 0.15) is 36.1 Å². The Labute approximate surface area is 157 Å². The van der Waals surface area contributed by atoms with Crippen LogP contribution in [0.25, 0.3) is 5.65 Å². The van der Waals surface area contributed by atoms with Gasteiger partial charge in [-0.3, -0.25) is 4.40 Å². The van der Waals surface area contributed by atoms with Crippen molar-refractivity contribution in [1.29, 1.82) is 5.26 Å². The second-order valence-corrected chi connectivity index (χ2v) is 7.81. The van der Waals surface area contributed by atoms with Crippen LogP contribution in [0.2, 0.25) is 0 Å². The highest BCUT2D eigenvalue weighted by Crippen LogP contribution is 2.36. The van der Waals surface area contributed by atoms with Gasteiger partial charge in [0, 0.05) is 17.7 Å². The zero-order chi connectivity index (χ0) is 18.1. The lowest BCUT2D eigenvalue weighted by atomic mass is 9.91. The molecule has 0 fully saturated rings. The minimum Gasteiger partial charge on any atom is -0.373 e. The minimum absolute atomic E-state index is 0.131. The smallest absolute Gasteiger partial charge is 0.167 e. The molecule has 0 amide bonds. The molecule has 0 spiro atoms. The highest BCUT2D eigenvalue weighted by atomic mass is 32.2. The van der Waals surface area contributed by atoms with E-state index in [-0.39, 0.29) is 6.10 Å². The number of thioether (sulfide) groups is 1. The van der Waals surface area contributed by atoms with Gasteiger partial charge in [-0.05, 0) is 17.0 Å². The Kier molecular flexibility index (Phi) is 4.66. The summed E-state index contributed by atoms with van der Waals surface area (Å²) < 4.78 is 7.95. The molecular weight excluding hydrogens is 344 g/mol. The molecule has 0 radical (unpaired) electrons. The largest absolute Gasteiger partial charge is 0.373 e. The molecule has 6 heteroatoms. The third-order valence-corrected chi connectivity index (χ3v) is 5.99. The number of benzene rings is 1. The van der Waals surface area contributed by atoms with Gasteiger partial charge in [-0.25, -0.2) is 0 Å². The van der Waals surface area contributed by atoms with E-state index < -0.39 is 0 Å². The summed E-state index contributed by atoms with van der Waals surface area (Å²) in [6.07, 6.45) is 2.57. The minimum atomic E-state index is 0.131. The number of hydrogen-bond acceptors (Lipinski definition) is 5. The molecule has 1 unspecified atom stereocenters. The van der Waals surface area contributed by atoms with Gasteiger partial charge in [0.1, 0.15) is 17.4 Å². The van der Waals surface area contributed by atoms with E-state index in [1.54, 1.807) is 18.1 Å². The first-order valence-corrected chi connectivity index (χ1v) is 9.73. The first-order chi connectivity index (χ1) is 12.7. The number of nitriles is 1. The van der Waals surface area contributed by atoms with Crippen molar-refractivity contribution >= 4 is 17.4 Å². The van der Waals surface area contributed by atoms with Crippen LogP contribution in [0, 0.1) is 17.2 Å². The van der Waals surface area contributed by atoms with Crippen LogP contribution < -0.4 is 0 Å². The van der Waals surface area contributed by atoms with Crippen molar-refractivity contribution < 1.29 is 4.74 Å². The fourth-order valence-electron chi connectivity index (χ4n) is 3.36. The predicted octanol–water partition coefficient (Wildman–Crippen LogP) is 3.99. The molecule has 0 aliphatic carbocycles. The van der Waals surface area contributed by atoms with Crippen molar-refractivity contribution in [3.63, 3.8) is 0 Å². The highest BCUT2D eigenvalue weighted by molar-refractivity contribution is 7.98. The second-order valence-electron chi connectivity index (χ2n) is 6.85. The molecule has 1 aliphatic rings. The molecule has 1 aliphatic heterocycles. The monoisotopic (exact) mass is 364 g/mol. The number of ether oxygens (including phenoxy) is 1. The molecular formula is C20H20N4OS. The summed E-state index contributed by atoms with van der Waals surface area (Å²) in [5, 5.41) is 19.2. The third-order valence-electron chi connectivity index (χ3n) is 4.84. The van der Waals surface area contributed by atoms with Crippen LogP contribution in [-0.4, -0.2) is 20.7 Å². The second kappa shape index (κ2) is 7.10. The Morgan fingerprint density at radius 2 is 2.12 bits per heavy atom. The molecule has 2 aromatic heterocycles. The van der Waals surface area contributed by atoms with Gasteiger partial charge in [-0.2, -0.15) is 5.26 Å². The third kappa shape index (κ3) is 2.98. The number of hydrogen-bond donors (Lipinski definition) is 0. The van der Waals surface area contributed by atoms with E-state index in [1.807, 2.05) is 22.6 Å². The van der Waals surface area contributed by atoms with Crippen molar-refractivity contribution in [3.8, 4) is 6.07 Å². The molecule has 0 saturated carbocycles. The average molecular weight is 364 g/mol. The molecule has 1 atom stereocenters. The Bertz CT molecular complexity index is 975. The molecule has 3 heterocycles. The normalized spacial score (nSPS) is 16.6. The van der Waals surface area contributed by atoms with Gasteiger partial charge in [0.25, 0.3) is 0 Å². The maximum absolute atomic E-state index is 9.94. The number of nitrogens with zero attached hydrogens (tertiary/aromatic N) is 4. The Balaban J connectivity index is 1.79. The number of rotatable bonds is 4. The maximum atomic E-state index is 9.94. The van der Waals surface area contributed by atoms with Crippen molar-refractivity contribution in [1.82, 2.24) is 14.6 Å². The first-order valence-electron chi connectivity index (χ1n) is 8.75. The van der Waals surface area contributed by atoms with Gasteiger partial charge in [0.2, 0.25) is 0 Å². The van der Waals surface area contributed by atoms with Gasteiger partial charge in [0.05, 0.1) is 18.3 Å². The summed E-state index contributed by atoms with van der Waals surface area (Å²) in [4.78, 5) is 0. The first kappa shape index (κ1) is 17.1. The zero-order valence-electron chi connectivity index (χ0n) is 14.8. The summed E-state index contributed by atoms with van der Waals surface area (Å²) in [7, 11) is 0.